The van der Waals surface area contributed by atoms with Crippen LogP contribution in [0, 0.1) is 5.92 Å². The summed E-state index contributed by atoms with van der Waals surface area (Å²) in [5.41, 5.74) is 0. The largest absolute Gasteiger partial charge is 0.407 e. The quantitative estimate of drug-likeness (QED) is 0.743. The monoisotopic (exact) mass is 279 g/mol. The molecule has 0 heterocycles. The number of hydrogen-bond donors (Lipinski definition) is 0. The van der Waals surface area contributed by atoms with Gasteiger partial charge in [0.15, 0.2) is 5.12 Å². The average Bonchev–Trinajstić information content (AvgIpc) is 1.96. The molecule has 0 saturated carbocycles. The second kappa shape index (κ2) is 5.19. The molecule has 1 atom stereocenters. The third-order valence-electron chi connectivity index (χ3n) is 1.63. The Morgan fingerprint density at radius 1 is 1.12 bits per heavy atom. The minimum absolute atomic E-state index is 0.409. The van der Waals surface area contributed by atoms with Crippen LogP contribution in [0.1, 0.15) is 6.92 Å². The van der Waals surface area contributed by atoms with Gasteiger partial charge in [0, 0.05) is 21.0 Å². The lowest BCUT2D eigenvalue weighted by atomic mass is 10.1. The fourth-order valence-electron chi connectivity index (χ4n) is 0.983. The first-order chi connectivity index (χ1) is 7.39. The van der Waals surface area contributed by atoms with Crippen LogP contribution in [0.2, 0.25) is 0 Å². The Hall–Kier alpha value is -0.860. The van der Waals surface area contributed by atoms with E-state index >= 15 is 0 Å². The number of carbonyl (C=O) groups excluding carboxylic acids is 2. The smallest absolute Gasteiger partial charge is 0.348 e. The number of thioether (sulfide) groups is 1. The Bertz CT molecular complexity index is 316. The second-order valence-corrected chi connectivity index (χ2v) is 4.69. The molecular weight excluding hydrogens is 269 g/mol. The Morgan fingerprint density at radius 3 is 1.76 bits per heavy atom. The lowest BCUT2D eigenvalue weighted by Crippen LogP contribution is -2.48. The summed E-state index contributed by atoms with van der Waals surface area (Å²) in [7, 11) is 1.85. The maximum absolute atomic E-state index is 13.2. The fourth-order valence-corrected chi connectivity index (χ4v) is 1.72. The standard InChI is InChI=1S/C8H10F5NO2S/c1-4(15)17-8(12,13)5(7(9,10)11)6(16)14(2)3/h5H,1-3H3. The molecule has 0 aliphatic rings. The van der Waals surface area contributed by atoms with Crippen LogP contribution in [0.15, 0.2) is 0 Å². The van der Waals surface area contributed by atoms with Gasteiger partial charge in [0.25, 0.3) is 0 Å². The van der Waals surface area contributed by atoms with Gasteiger partial charge < -0.3 is 4.90 Å². The van der Waals surface area contributed by atoms with Gasteiger partial charge in [0.1, 0.15) is 0 Å². The number of alkyl halides is 5. The van der Waals surface area contributed by atoms with Crippen molar-refractivity contribution in [3.8, 4) is 0 Å². The summed E-state index contributed by atoms with van der Waals surface area (Å²) in [4.78, 5) is 22.0. The van der Waals surface area contributed by atoms with E-state index in [2.05, 4.69) is 0 Å². The first-order valence-electron chi connectivity index (χ1n) is 4.25. The van der Waals surface area contributed by atoms with Crippen molar-refractivity contribution in [2.75, 3.05) is 14.1 Å². The first-order valence-corrected chi connectivity index (χ1v) is 5.06. The zero-order valence-electron chi connectivity index (χ0n) is 9.14. The van der Waals surface area contributed by atoms with Crippen LogP contribution in [-0.4, -0.2) is 41.4 Å². The normalized spacial score (nSPS) is 14.4. The molecule has 0 aromatic carbocycles. The van der Waals surface area contributed by atoms with Crippen LogP contribution in [0.5, 0.6) is 0 Å². The minimum Gasteiger partial charge on any atom is -0.348 e. The van der Waals surface area contributed by atoms with E-state index in [1.54, 1.807) is 0 Å². The highest BCUT2D eigenvalue weighted by Crippen LogP contribution is 2.45. The summed E-state index contributed by atoms with van der Waals surface area (Å²) in [5.74, 6) is -5.32. The molecular formula is C8H10F5NO2S. The minimum atomic E-state index is -5.42. The van der Waals surface area contributed by atoms with E-state index in [1.165, 1.54) is 0 Å². The van der Waals surface area contributed by atoms with E-state index in [0.717, 1.165) is 14.1 Å². The Labute approximate surface area is 98.3 Å². The fraction of sp³-hybridized carbons (Fsp3) is 0.750. The van der Waals surface area contributed by atoms with E-state index in [9.17, 15) is 31.5 Å². The van der Waals surface area contributed by atoms with Crippen LogP contribution >= 0.6 is 11.8 Å². The molecule has 0 bridgehead atoms. The van der Waals surface area contributed by atoms with Gasteiger partial charge in [-0.25, -0.2) is 0 Å². The van der Waals surface area contributed by atoms with E-state index in [1.807, 2.05) is 0 Å². The molecule has 0 saturated heterocycles. The predicted octanol–water partition coefficient (Wildman–Crippen LogP) is 2.13. The molecule has 17 heavy (non-hydrogen) atoms. The van der Waals surface area contributed by atoms with Crippen LogP contribution in [0.25, 0.3) is 0 Å². The number of carbonyl (C=O) groups is 2. The Balaban J connectivity index is 5.33. The third kappa shape index (κ3) is 4.49. The predicted molar refractivity (Wildman–Crippen MR) is 51.5 cm³/mol. The zero-order chi connectivity index (χ0) is 14.0. The highest BCUT2D eigenvalue weighted by molar-refractivity contribution is 8.14. The number of rotatable bonds is 3. The van der Waals surface area contributed by atoms with Crippen molar-refractivity contribution in [2.24, 2.45) is 5.92 Å². The highest BCUT2D eigenvalue weighted by atomic mass is 32.2. The van der Waals surface area contributed by atoms with Gasteiger partial charge in [-0.15, -0.1) is 0 Å². The molecule has 0 radical (unpaired) electrons. The maximum Gasteiger partial charge on any atom is 0.407 e. The highest BCUT2D eigenvalue weighted by Gasteiger charge is 2.61. The van der Waals surface area contributed by atoms with Gasteiger partial charge in [0.2, 0.25) is 11.8 Å². The van der Waals surface area contributed by atoms with Crippen molar-refractivity contribution < 1.29 is 31.5 Å². The second-order valence-electron chi connectivity index (χ2n) is 3.36. The van der Waals surface area contributed by atoms with Crippen molar-refractivity contribution in [1.82, 2.24) is 4.90 Å². The van der Waals surface area contributed by atoms with Crippen LogP contribution < -0.4 is 0 Å². The summed E-state index contributed by atoms with van der Waals surface area (Å²) in [6, 6.07) is 0. The Morgan fingerprint density at radius 2 is 1.53 bits per heavy atom. The van der Waals surface area contributed by atoms with Gasteiger partial charge in [-0.05, 0) is 11.8 Å². The van der Waals surface area contributed by atoms with Gasteiger partial charge in [-0.3, -0.25) is 9.59 Å². The van der Waals surface area contributed by atoms with E-state index in [-0.39, 0.29) is 0 Å². The van der Waals surface area contributed by atoms with Gasteiger partial charge in [0.05, 0.1) is 0 Å². The lowest BCUT2D eigenvalue weighted by Gasteiger charge is -2.28. The van der Waals surface area contributed by atoms with Gasteiger partial charge in [-0.2, -0.15) is 22.0 Å². The number of hydrogen-bond acceptors (Lipinski definition) is 3. The number of halogens is 5. The maximum atomic E-state index is 13.2. The molecule has 0 aliphatic heterocycles. The van der Waals surface area contributed by atoms with Crippen molar-refractivity contribution in [2.45, 2.75) is 18.4 Å². The molecule has 0 fully saturated rings. The van der Waals surface area contributed by atoms with Crippen molar-refractivity contribution in [1.29, 1.82) is 0 Å². The van der Waals surface area contributed by atoms with Crippen molar-refractivity contribution in [3.05, 3.63) is 0 Å². The zero-order valence-corrected chi connectivity index (χ0v) is 9.96. The SMILES string of the molecule is CC(=O)SC(F)(F)C(C(=O)N(C)C)C(F)(F)F. The summed E-state index contributed by atoms with van der Waals surface area (Å²) in [6.07, 6.45) is -5.42. The van der Waals surface area contributed by atoms with Gasteiger partial charge >= 0.3 is 11.4 Å². The molecule has 0 rings (SSSR count). The van der Waals surface area contributed by atoms with E-state index < -0.39 is 40.1 Å². The van der Waals surface area contributed by atoms with E-state index in [4.69, 9.17) is 0 Å². The summed E-state index contributed by atoms with van der Waals surface area (Å²) < 4.78 is 63.7. The first kappa shape index (κ1) is 16.1. The molecule has 0 aliphatic carbocycles. The Kier molecular flexibility index (Phi) is 4.93. The van der Waals surface area contributed by atoms with Crippen LogP contribution in [-0.2, 0) is 9.59 Å². The van der Waals surface area contributed by atoms with Gasteiger partial charge in [-0.1, -0.05) is 0 Å². The molecule has 100 valence electrons. The summed E-state index contributed by atoms with van der Waals surface area (Å²) in [6.45, 7) is 0.701. The van der Waals surface area contributed by atoms with Crippen molar-refractivity contribution >= 4 is 22.8 Å². The van der Waals surface area contributed by atoms with Crippen LogP contribution in [0.3, 0.4) is 0 Å². The molecule has 0 N–H and O–H groups in total. The molecule has 1 unspecified atom stereocenters. The molecule has 3 nitrogen and oxygen atoms in total. The topological polar surface area (TPSA) is 37.4 Å². The lowest BCUT2D eigenvalue weighted by molar-refractivity contribution is -0.218. The molecule has 0 aromatic heterocycles. The number of amides is 1. The number of nitrogens with zero attached hydrogens (tertiary/aromatic N) is 1. The summed E-state index contributed by atoms with van der Waals surface area (Å²) >= 11 is -0.802. The van der Waals surface area contributed by atoms with E-state index in [0.29, 0.717) is 11.8 Å². The van der Waals surface area contributed by atoms with Crippen molar-refractivity contribution in [3.63, 3.8) is 0 Å². The molecule has 0 spiro atoms. The summed E-state index contributed by atoms with van der Waals surface area (Å²) in [5, 5.41) is -5.72. The molecule has 0 aromatic rings. The molecule has 1 amide bonds. The van der Waals surface area contributed by atoms with Crippen LogP contribution in [0.4, 0.5) is 22.0 Å². The molecule has 9 heteroatoms. The average molecular weight is 279 g/mol. The third-order valence-corrected chi connectivity index (χ3v) is 2.43.